The third-order valence-electron chi connectivity index (χ3n) is 5.74. The summed E-state index contributed by atoms with van der Waals surface area (Å²) in [7, 11) is 0. The second-order valence-electron chi connectivity index (χ2n) is 7.37. The lowest BCUT2D eigenvalue weighted by atomic mass is 9.89. The monoisotopic (exact) mass is 344 g/mol. The Labute approximate surface area is 149 Å². The second-order valence-corrected chi connectivity index (χ2v) is 7.37. The number of carbonyl (C=O) groups excluding carboxylic acids is 1. The summed E-state index contributed by atoms with van der Waals surface area (Å²) in [5.41, 5.74) is 1.38. The highest BCUT2D eigenvalue weighted by Gasteiger charge is 2.38. The summed E-state index contributed by atoms with van der Waals surface area (Å²) in [4.78, 5) is 27.9. The van der Waals surface area contributed by atoms with Crippen molar-refractivity contribution in [2.45, 2.75) is 51.1 Å². The molecule has 5 heteroatoms. The van der Waals surface area contributed by atoms with E-state index in [9.17, 15) is 14.7 Å². The summed E-state index contributed by atoms with van der Waals surface area (Å²) in [5, 5.41) is 9.29. The molecule has 5 nitrogen and oxygen atoms in total. The summed E-state index contributed by atoms with van der Waals surface area (Å²) < 4.78 is 0. The molecule has 0 aromatic heterocycles. The van der Waals surface area contributed by atoms with Crippen LogP contribution in [0, 0.1) is 5.92 Å². The quantitative estimate of drug-likeness (QED) is 0.891. The Bertz CT molecular complexity index is 596. The third kappa shape index (κ3) is 4.21. The van der Waals surface area contributed by atoms with Crippen molar-refractivity contribution in [2.24, 2.45) is 5.92 Å². The summed E-state index contributed by atoms with van der Waals surface area (Å²) in [6.45, 7) is 4.33. The zero-order valence-electron chi connectivity index (χ0n) is 14.9. The van der Waals surface area contributed by atoms with Gasteiger partial charge < -0.3 is 10.0 Å². The Morgan fingerprint density at radius 2 is 1.80 bits per heavy atom. The lowest BCUT2D eigenvalue weighted by Crippen LogP contribution is -2.52. The predicted octanol–water partition coefficient (Wildman–Crippen LogP) is 2.41. The van der Waals surface area contributed by atoms with Crippen LogP contribution in [0.3, 0.4) is 0 Å². The van der Waals surface area contributed by atoms with Gasteiger partial charge in [-0.2, -0.15) is 0 Å². The predicted molar refractivity (Wildman–Crippen MR) is 96.3 cm³/mol. The average molecular weight is 344 g/mol. The smallest absolute Gasteiger partial charge is 0.326 e. The molecule has 2 fully saturated rings. The van der Waals surface area contributed by atoms with Gasteiger partial charge in [0.1, 0.15) is 6.04 Å². The summed E-state index contributed by atoms with van der Waals surface area (Å²) >= 11 is 0. The lowest BCUT2D eigenvalue weighted by Gasteiger charge is -2.37. The highest BCUT2D eigenvalue weighted by Crippen LogP contribution is 2.25. The molecule has 0 aliphatic carbocycles. The molecule has 136 valence electrons. The Balaban J connectivity index is 1.52. The topological polar surface area (TPSA) is 60.9 Å². The molecule has 0 saturated carbocycles. The molecule has 0 bridgehead atoms. The summed E-state index contributed by atoms with van der Waals surface area (Å²) in [6, 6.07) is 9.71. The van der Waals surface area contributed by atoms with Crippen molar-refractivity contribution in [3.8, 4) is 0 Å². The average Bonchev–Trinajstić information content (AvgIpc) is 3.12. The molecule has 1 amide bonds. The van der Waals surface area contributed by atoms with Crippen LogP contribution in [-0.2, 0) is 16.0 Å². The number of hydrogen-bond donors (Lipinski definition) is 1. The first-order valence-electron chi connectivity index (χ1n) is 9.37. The number of nitrogens with zero attached hydrogens (tertiary/aromatic N) is 2. The SMILES string of the molecule is CC(C(=O)N1CCCC1C(=O)O)N1CCC(Cc2ccccc2)CC1. The zero-order valence-corrected chi connectivity index (χ0v) is 14.9. The van der Waals surface area contributed by atoms with Gasteiger partial charge in [-0.25, -0.2) is 4.79 Å². The summed E-state index contributed by atoms with van der Waals surface area (Å²) in [6.07, 6.45) is 4.65. The number of amides is 1. The van der Waals surface area contributed by atoms with Gasteiger partial charge in [-0.3, -0.25) is 9.69 Å². The second kappa shape index (κ2) is 8.00. The molecule has 2 heterocycles. The van der Waals surface area contributed by atoms with E-state index >= 15 is 0 Å². The summed E-state index contributed by atoms with van der Waals surface area (Å²) in [5.74, 6) is -0.231. The van der Waals surface area contributed by atoms with E-state index in [0.717, 1.165) is 38.8 Å². The van der Waals surface area contributed by atoms with Crippen LogP contribution in [0.25, 0.3) is 0 Å². The maximum atomic E-state index is 12.8. The minimum Gasteiger partial charge on any atom is -0.480 e. The number of carboxylic acids is 1. The van der Waals surface area contributed by atoms with Crippen LogP contribution in [0.1, 0.15) is 38.2 Å². The van der Waals surface area contributed by atoms with Gasteiger partial charge in [0, 0.05) is 6.54 Å². The van der Waals surface area contributed by atoms with Crippen molar-refractivity contribution >= 4 is 11.9 Å². The molecule has 25 heavy (non-hydrogen) atoms. The van der Waals surface area contributed by atoms with Gasteiger partial charge in [0.15, 0.2) is 0 Å². The van der Waals surface area contributed by atoms with Gasteiger partial charge in [0.2, 0.25) is 5.91 Å². The number of carbonyl (C=O) groups is 2. The number of piperidine rings is 1. The van der Waals surface area contributed by atoms with E-state index in [2.05, 4.69) is 29.2 Å². The zero-order chi connectivity index (χ0) is 17.8. The van der Waals surface area contributed by atoms with Crippen LogP contribution in [0.5, 0.6) is 0 Å². The molecule has 1 aromatic rings. The third-order valence-corrected chi connectivity index (χ3v) is 5.74. The van der Waals surface area contributed by atoms with E-state index in [4.69, 9.17) is 0 Å². The minimum absolute atomic E-state index is 0.0218. The normalized spacial score (nSPS) is 23.6. The van der Waals surface area contributed by atoms with Crippen LogP contribution in [0.2, 0.25) is 0 Å². The van der Waals surface area contributed by atoms with Gasteiger partial charge in [0.05, 0.1) is 6.04 Å². The molecule has 3 rings (SSSR count). The Hall–Kier alpha value is -1.88. The van der Waals surface area contributed by atoms with Crippen molar-refractivity contribution in [1.29, 1.82) is 0 Å². The molecule has 2 unspecified atom stereocenters. The molecule has 2 aliphatic heterocycles. The minimum atomic E-state index is -0.875. The molecule has 2 saturated heterocycles. The van der Waals surface area contributed by atoms with E-state index in [1.165, 1.54) is 5.56 Å². The molecule has 0 spiro atoms. The van der Waals surface area contributed by atoms with Crippen molar-refractivity contribution in [3.63, 3.8) is 0 Å². The largest absolute Gasteiger partial charge is 0.480 e. The van der Waals surface area contributed by atoms with Gasteiger partial charge in [-0.05, 0) is 63.6 Å². The van der Waals surface area contributed by atoms with Crippen molar-refractivity contribution in [2.75, 3.05) is 19.6 Å². The van der Waals surface area contributed by atoms with Crippen molar-refractivity contribution < 1.29 is 14.7 Å². The number of hydrogen-bond acceptors (Lipinski definition) is 3. The number of likely N-dealkylation sites (tertiary alicyclic amines) is 2. The van der Waals surface area contributed by atoms with Gasteiger partial charge in [-0.15, -0.1) is 0 Å². The van der Waals surface area contributed by atoms with Gasteiger partial charge in [0.25, 0.3) is 0 Å². The fourth-order valence-electron chi connectivity index (χ4n) is 4.18. The first-order valence-corrected chi connectivity index (χ1v) is 9.37. The number of aliphatic carboxylic acids is 1. The fourth-order valence-corrected chi connectivity index (χ4v) is 4.18. The van der Waals surface area contributed by atoms with Crippen molar-refractivity contribution in [1.82, 2.24) is 9.80 Å². The first kappa shape index (κ1) is 17.9. The molecular weight excluding hydrogens is 316 g/mol. The van der Waals surface area contributed by atoms with Crippen molar-refractivity contribution in [3.05, 3.63) is 35.9 Å². The van der Waals surface area contributed by atoms with Crippen LogP contribution in [0.15, 0.2) is 30.3 Å². The molecular formula is C20H28N2O3. The maximum absolute atomic E-state index is 12.8. The molecule has 2 atom stereocenters. The van der Waals surface area contributed by atoms with Crippen LogP contribution >= 0.6 is 0 Å². The van der Waals surface area contributed by atoms with E-state index in [0.29, 0.717) is 18.9 Å². The van der Waals surface area contributed by atoms with Gasteiger partial charge in [-0.1, -0.05) is 30.3 Å². The van der Waals surface area contributed by atoms with E-state index in [-0.39, 0.29) is 11.9 Å². The number of carboxylic acid groups (broad SMARTS) is 1. The molecule has 0 radical (unpaired) electrons. The highest BCUT2D eigenvalue weighted by atomic mass is 16.4. The molecule has 1 aromatic carbocycles. The Morgan fingerprint density at radius 1 is 1.12 bits per heavy atom. The standard InChI is InChI=1S/C20H28N2O3/c1-15(19(23)22-11-5-8-18(22)20(24)25)21-12-9-17(10-13-21)14-16-6-3-2-4-7-16/h2-4,6-7,15,17-18H,5,8-14H2,1H3,(H,24,25). The van der Waals surface area contributed by atoms with Crippen LogP contribution < -0.4 is 0 Å². The van der Waals surface area contributed by atoms with Gasteiger partial charge >= 0.3 is 5.97 Å². The number of rotatable bonds is 5. The number of benzene rings is 1. The van der Waals surface area contributed by atoms with E-state index in [1.54, 1.807) is 4.90 Å². The molecule has 2 aliphatic rings. The van der Waals surface area contributed by atoms with E-state index < -0.39 is 12.0 Å². The van der Waals surface area contributed by atoms with Crippen LogP contribution in [-0.4, -0.2) is 58.5 Å². The fraction of sp³-hybridized carbons (Fsp3) is 0.600. The Kier molecular flexibility index (Phi) is 5.74. The van der Waals surface area contributed by atoms with E-state index in [1.807, 2.05) is 13.0 Å². The molecule has 1 N–H and O–H groups in total. The van der Waals surface area contributed by atoms with Crippen LogP contribution in [0.4, 0.5) is 0 Å². The lowest BCUT2D eigenvalue weighted by molar-refractivity contribution is -0.150. The Morgan fingerprint density at radius 3 is 2.44 bits per heavy atom. The highest BCUT2D eigenvalue weighted by molar-refractivity contribution is 5.87. The first-order chi connectivity index (χ1) is 12.1. The maximum Gasteiger partial charge on any atom is 0.326 e.